The van der Waals surface area contributed by atoms with Crippen molar-refractivity contribution < 1.29 is 9.59 Å². The average molecular weight is 310 g/mol. The summed E-state index contributed by atoms with van der Waals surface area (Å²) < 4.78 is 0. The Labute approximate surface area is 138 Å². The third kappa shape index (κ3) is 2.14. The highest BCUT2D eigenvalue weighted by Crippen LogP contribution is 2.59. The van der Waals surface area contributed by atoms with E-state index in [4.69, 9.17) is 0 Å². The lowest BCUT2D eigenvalue weighted by Crippen LogP contribution is -2.42. The molecule has 2 heteroatoms. The largest absolute Gasteiger partial charge is 0.303 e. The first-order valence-electron chi connectivity index (χ1n) is 9.16. The summed E-state index contributed by atoms with van der Waals surface area (Å²) in [6.07, 6.45) is 7.46. The molecule has 0 bridgehead atoms. The van der Waals surface area contributed by atoms with Crippen molar-refractivity contribution in [2.24, 2.45) is 17.3 Å². The van der Waals surface area contributed by atoms with Gasteiger partial charge in [-0.2, -0.15) is 0 Å². The second-order valence-electron chi connectivity index (χ2n) is 8.22. The molecule has 0 radical (unpaired) electrons. The normalized spacial score (nSPS) is 36.8. The van der Waals surface area contributed by atoms with Crippen molar-refractivity contribution in [3.05, 3.63) is 34.9 Å². The van der Waals surface area contributed by atoms with Gasteiger partial charge in [-0.25, -0.2) is 0 Å². The number of ketones is 1. The van der Waals surface area contributed by atoms with Crippen LogP contribution in [-0.2, 0) is 16.0 Å². The van der Waals surface area contributed by atoms with E-state index < -0.39 is 0 Å². The Balaban J connectivity index is 1.67. The predicted molar refractivity (Wildman–Crippen MR) is 90.5 cm³/mol. The number of carbonyl (C=O) groups is 2. The molecule has 0 amide bonds. The second-order valence-corrected chi connectivity index (χ2v) is 8.22. The Hall–Kier alpha value is -1.44. The van der Waals surface area contributed by atoms with Crippen LogP contribution in [0.15, 0.2) is 18.2 Å². The van der Waals surface area contributed by atoms with Gasteiger partial charge >= 0.3 is 0 Å². The van der Waals surface area contributed by atoms with E-state index >= 15 is 0 Å². The van der Waals surface area contributed by atoms with Crippen molar-refractivity contribution in [3.8, 4) is 0 Å². The van der Waals surface area contributed by atoms with E-state index in [0.29, 0.717) is 23.5 Å². The van der Waals surface area contributed by atoms with Crippen LogP contribution in [-0.4, -0.2) is 12.1 Å². The Morgan fingerprint density at radius 1 is 1.22 bits per heavy atom. The van der Waals surface area contributed by atoms with Crippen LogP contribution in [0.2, 0.25) is 0 Å². The molecular formula is C21H26O2. The fourth-order valence-corrected chi connectivity index (χ4v) is 5.74. The van der Waals surface area contributed by atoms with E-state index in [1.54, 1.807) is 0 Å². The number of fused-ring (bicyclic) bond motifs is 5. The van der Waals surface area contributed by atoms with Crippen LogP contribution >= 0.6 is 0 Å². The number of aryl methyl sites for hydroxylation is 1. The molecule has 0 spiro atoms. The maximum Gasteiger partial charge on any atom is 0.139 e. The lowest BCUT2D eigenvalue weighted by Gasteiger charge is -2.48. The molecule has 0 aliphatic heterocycles. The highest BCUT2D eigenvalue weighted by molar-refractivity contribution is 5.87. The fourth-order valence-electron chi connectivity index (χ4n) is 5.74. The molecule has 3 aliphatic carbocycles. The molecule has 4 rings (SSSR count). The van der Waals surface area contributed by atoms with Gasteiger partial charge in [0.25, 0.3) is 0 Å². The molecule has 0 N–H and O–H groups in total. The molecule has 122 valence electrons. The molecule has 0 aromatic heterocycles. The van der Waals surface area contributed by atoms with Gasteiger partial charge in [0.1, 0.15) is 12.1 Å². The highest BCUT2D eigenvalue weighted by atomic mass is 16.1. The van der Waals surface area contributed by atoms with Gasteiger partial charge in [-0.1, -0.05) is 32.0 Å². The number of benzene rings is 1. The van der Waals surface area contributed by atoms with Crippen LogP contribution in [0, 0.1) is 17.3 Å². The summed E-state index contributed by atoms with van der Waals surface area (Å²) in [7, 11) is 0. The smallest absolute Gasteiger partial charge is 0.139 e. The molecule has 2 saturated carbocycles. The van der Waals surface area contributed by atoms with Gasteiger partial charge < -0.3 is 4.79 Å². The maximum atomic E-state index is 12.4. The maximum absolute atomic E-state index is 12.4. The fraction of sp³-hybridized carbons (Fsp3) is 0.619. The highest BCUT2D eigenvalue weighted by Gasteiger charge is 2.54. The Morgan fingerprint density at radius 2 is 2.04 bits per heavy atom. The van der Waals surface area contributed by atoms with Crippen LogP contribution < -0.4 is 0 Å². The minimum atomic E-state index is -0.0371. The third-order valence-corrected chi connectivity index (χ3v) is 7.19. The molecule has 23 heavy (non-hydrogen) atoms. The summed E-state index contributed by atoms with van der Waals surface area (Å²) in [5.74, 6) is 2.41. The average Bonchev–Trinajstić information content (AvgIpc) is 2.88. The molecule has 1 aromatic rings. The van der Waals surface area contributed by atoms with Crippen LogP contribution in [0.3, 0.4) is 0 Å². The van der Waals surface area contributed by atoms with Crippen molar-refractivity contribution >= 4 is 12.1 Å². The van der Waals surface area contributed by atoms with E-state index in [1.165, 1.54) is 17.5 Å². The van der Waals surface area contributed by atoms with Crippen molar-refractivity contribution in [1.29, 1.82) is 0 Å². The van der Waals surface area contributed by atoms with Crippen molar-refractivity contribution in [2.45, 2.75) is 64.2 Å². The SMILES string of the molecule is CC(C=O)c1ccc2c(c1)CC[C@@H]1[C@@H]2CC[C@]2(C)C(=O)CC[C@@H]12. The van der Waals surface area contributed by atoms with E-state index in [0.717, 1.165) is 44.0 Å². The molecule has 1 unspecified atom stereocenters. The molecule has 1 aromatic carbocycles. The van der Waals surface area contributed by atoms with Crippen molar-refractivity contribution in [3.63, 3.8) is 0 Å². The summed E-state index contributed by atoms with van der Waals surface area (Å²) in [5.41, 5.74) is 4.06. The lowest BCUT2D eigenvalue weighted by atomic mass is 9.55. The number of aldehydes is 1. The van der Waals surface area contributed by atoms with E-state index in [9.17, 15) is 9.59 Å². The van der Waals surface area contributed by atoms with E-state index in [-0.39, 0.29) is 11.3 Å². The Morgan fingerprint density at radius 3 is 2.83 bits per heavy atom. The van der Waals surface area contributed by atoms with Crippen molar-refractivity contribution in [1.82, 2.24) is 0 Å². The number of rotatable bonds is 2. The van der Waals surface area contributed by atoms with E-state index in [1.807, 2.05) is 6.92 Å². The minimum Gasteiger partial charge on any atom is -0.303 e. The molecule has 3 aliphatic rings. The number of Topliss-reactive ketones (excluding diaryl/α,β-unsaturated/α-hetero) is 1. The summed E-state index contributed by atoms with van der Waals surface area (Å²) in [5, 5.41) is 0. The summed E-state index contributed by atoms with van der Waals surface area (Å²) in [6, 6.07) is 6.69. The van der Waals surface area contributed by atoms with Gasteiger partial charge in [-0.05, 0) is 66.5 Å². The first-order valence-corrected chi connectivity index (χ1v) is 9.16. The summed E-state index contributed by atoms with van der Waals surface area (Å²) in [4.78, 5) is 23.4. The first-order chi connectivity index (χ1) is 11.0. The summed E-state index contributed by atoms with van der Waals surface area (Å²) in [6.45, 7) is 4.20. The van der Waals surface area contributed by atoms with Gasteiger partial charge in [-0.3, -0.25) is 4.79 Å². The molecule has 5 atom stereocenters. The third-order valence-electron chi connectivity index (χ3n) is 7.19. The standard InChI is InChI=1S/C21H26O2/c1-13(12-22)14-3-5-16-15(11-14)4-6-18-17(16)9-10-21(2)19(18)7-8-20(21)23/h3,5,11-13,17-19H,4,6-10H2,1-2H3/t13?,17-,18-,19+,21+/m1/s1. The Kier molecular flexibility index (Phi) is 3.48. The monoisotopic (exact) mass is 310 g/mol. The number of hydrogen-bond acceptors (Lipinski definition) is 2. The zero-order chi connectivity index (χ0) is 16.2. The van der Waals surface area contributed by atoms with E-state index in [2.05, 4.69) is 25.1 Å². The molecule has 0 saturated heterocycles. The first kappa shape index (κ1) is 15.1. The number of carbonyl (C=O) groups excluding carboxylic acids is 2. The molecule has 2 nitrogen and oxygen atoms in total. The number of hydrogen-bond donors (Lipinski definition) is 0. The summed E-state index contributed by atoms with van der Waals surface area (Å²) >= 11 is 0. The van der Waals surface area contributed by atoms with Gasteiger partial charge in [-0.15, -0.1) is 0 Å². The van der Waals surface area contributed by atoms with Gasteiger partial charge in [0.05, 0.1) is 0 Å². The molecule has 0 heterocycles. The molecular weight excluding hydrogens is 284 g/mol. The minimum absolute atomic E-state index is 0.0138. The topological polar surface area (TPSA) is 34.1 Å². The van der Waals surface area contributed by atoms with Crippen LogP contribution in [0.25, 0.3) is 0 Å². The van der Waals surface area contributed by atoms with Gasteiger partial charge in [0.15, 0.2) is 0 Å². The van der Waals surface area contributed by atoms with Crippen molar-refractivity contribution in [2.75, 3.05) is 0 Å². The van der Waals surface area contributed by atoms with Crippen LogP contribution in [0.4, 0.5) is 0 Å². The Bertz CT molecular complexity index is 662. The predicted octanol–water partition coefficient (Wildman–Crippen LogP) is 4.41. The quantitative estimate of drug-likeness (QED) is 0.758. The molecule has 2 fully saturated rings. The zero-order valence-corrected chi connectivity index (χ0v) is 14.2. The van der Waals surface area contributed by atoms with Gasteiger partial charge in [0.2, 0.25) is 0 Å². The van der Waals surface area contributed by atoms with Crippen LogP contribution in [0.5, 0.6) is 0 Å². The van der Waals surface area contributed by atoms with Crippen LogP contribution in [0.1, 0.15) is 74.5 Å². The second kappa shape index (κ2) is 5.29. The lowest BCUT2D eigenvalue weighted by molar-refractivity contribution is -0.129. The zero-order valence-electron chi connectivity index (χ0n) is 14.2. The van der Waals surface area contributed by atoms with Gasteiger partial charge in [0, 0.05) is 17.8 Å².